The Balaban J connectivity index is 1.48. The van der Waals surface area contributed by atoms with E-state index in [0.29, 0.717) is 22.3 Å². The highest BCUT2D eigenvalue weighted by atomic mass is 16.5. The van der Waals surface area contributed by atoms with Crippen LogP contribution < -0.4 is 5.32 Å². The number of fused-ring (bicyclic) bond motifs is 3. The molecule has 6 rings (SSSR count). The van der Waals surface area contributed by atoms with Crippen molar-refractivity contribution < 1.29 is 19.1 Å². The molecule has 5 heteroatoms. The summed E-state index contributed by atoms with van der Waals surface area (Å²) in [5.74, 6) is -0.895. The second-order valence-corrected chi connectivity index (χ2v) is 12.3. The number of esters is 2. The van der Waals surface area contributed by atoms with Gasteiger partial charge >= 0.3 is 11.9 Å². The summed E-state index contributed by atoms with van der Waals surface area (Å²) in [5, 5.41) is 8.02. The van der Waals surface area contributed by atoms with E-state index in [1.807, 2.05) is 30.3 Å². The molecule has 0 aliphatic heterocycles. The zero-order chi connectivity index (χ0) is 33.1. The van der Waals surface area contributed by atoms with E-state index in [-0.39, 0.29) is 18.8 Å². The molecule has 0 bridgehead atoms. The van der Waals surface area contributed by atoms with E-state index in [0.717, 1.165) is 43.9 Å². The number of carbonyl (C=O) groups excluding carboxylic acids is 2. The molecule has 6 aromatic carbocycles. The molecule has 6 aromatic rings. The van der Waals surface area contributed by atoms with Crippen molar-refractivity contribution in [3.63, 3.8) is 0 Å². The largest absolute Gasteiger partial charge is 0.462 e. The van der Waals surface area contributed by atoms with Crippen LogP contribution in [0.25, 0.3) is 43.8 Å². The Morgan fingerprint density at radius 2 is 1.15 bits per heavy atom. The van der Waals surface area contributed by atoms with Crippen LogP contribution in [0.1, 0.15) is 59.5 Å². The van der Waals surface area contributed by atoms with Gasteiger partial charge in [0.05, 0.1) is 29.9 Å². The number of anilines is 1. The molecule has 0 saturated carbocycles. The maximum atomic E-state index is 13.5. The van der Waals surface area contributed by atoms with Gasteiger partial charge in [-0.1, -0.05) is 90.5 Å². The molecule has 0 unspecified atom stereocenters. The molecule has 0 aliphatic rings. The fraction of sp³-hybridized carbons (Fsp3) is 0.190. The van der Waals surface area contributed by atoms with Crippen molar-refractivity contribution in [2.45, 2.75) is 40.2 Å². The summed E-state index contributed by atoms with van der Waals surface area (Å²) in [5.41, 5.74) is 6.56. The lowest BCUT2D eigenvalue weighted by atomic mass is 9.87. The highest BCUT2D eigenvalue weighted by Gasteiger charge is 2.25. The minimum Gasteiger partial charge on any atom is -0.462 e. The number of carbonyl (C=O) groups is 2. The second-order valence-electron chi connectivity index (χ2n) is 12.3. The van der Waals surface area contributed by atoms with Crippen molar-refractivity contribution in [3.8, 4) is 22.3 Å². The van der Waals surface area contributed by atoms with Crippen LogP contribution >= 0.6 is 0 Å². The highest BCUT2D eigenvalue weighted by molar-refractivity contribution is 6.10. The molecular weight excluding hydrogens is 582 g/mol. The van der Waals surface area contributed by atoms with Gasteiger partial charge in [0.15, 0.2) is 0 Å². The molecule has 0 amide bonds. The molecule has 0 atom stereocenters. The van der Waals surface area contributed by atoms with Crippen LogP contribution in [-0.4, -0.2) is 25.2 Å². The molecule has 0 aliphatic carbocycles. The van der Waals surface area contributed by atoms with E-state index < -0.39 is 11.9 Å². The van der Waals surface area contributed by atoms with Gasteiger partial charge in [0.2, 0.25) is 0 Å². The Morgan fingerprint density at radius 3 is 1.77 bits per heavy atom. The third-order valence-corrected chi connectivity index (χ3v) is 8.63. The number of aryl methyl sites for hydroxylation is 1. The Bertz CT molecular complexity index is 2090. The summed E-state index contributed by atoms with van der Waals surface area (Å²) >= 11 is 0. The maximum Gasteiger partial charge on any atom is 0.338 e. The van der Waals surface area contributed by atoms with Crippen LogP contribution in [0.5, 0.6) is 0 Å². The average molecular weight is 622 g/mol. The van der Waals surface area contributed by atoms with Gasteiger partial charge < -0.3 is 14.8 Å². The van der Waals surface area contributed by atoms with Gasteiger partial charge in [-0.2, -0.15) is 0 Å². The number of hydrogen-bond donors (Lipinski definition) is 1. The van der Waals surface area contributed by atoms with Gasteiger partial charge in [0, 0.05) is 5.69 Å². The normalized spacial score (nSPS) is 11.4. The van der Waals surface area contributed by atoms with E-state index >= 15 is 0 Å². The Hall–Kier alpha value is -5.42. The summed E-state index contributed by atoms with van der Waals surface area (Å²) in [7, 11) is 0. The van der Waals surface area contributed by atoms with E-state index in [1.165, 1.54) is 5.56 Å². The number of benzene rings is 6. The van der Waals surface area contributed by atoms with Gasteiger partial charge in [-0.25, -0.2) is 9.59 Å². The lowest BCUT2D eigenvalue weighted by Crippen LogP contribution is -2.27. The molecule has 0 aromatic heterocycles. The lowest BCUT2D eigenvalue weighted by molar-refractivity contribution is 0.0513. The molecular formula is C42H39NO4. The van der Waals surface area contributed by atoms with E-state index in [9.17, 15) is 9.59 Å². The summed E-state index contributed by atoms with van der Waals surface area (Å²) in [6.45, 7) is 10.4. The number of rotatable bonds is 9. The first-order valence-electron chi connectivity index (χ1n) is 16.1. The maximum absolute atomic E-state index is 13.5. The SMILES string of the molecule is CCOC(=O)c1cc(-c2ccc3ccc4ccccc4c3c2)c(C(=O)OCC)cc1-c1ccc(C(C)(C)Nc2ccc(C)cc2)cc1. The smallest absolute Gasteiger partial charge is 0.338 e. The molecule has 1 N–H and O–H groups in total. The van der Waals surface area contributed by atoms with Gasteiger partial charge in [-0.15, -0.1) is 0 Å². The van der Waals surface area contributed by atoms with Gasteiger partial charge in [-0.05, 0) is 114 Å². The summed E-state index contributed by atoms with van der Waals surface area (Å²) in [6, 6.07) is 38.5. The van der Waals surface area contributed by atoms with Crippen LogP contribution in [0.15, 0.2) is 115 Å². The van der Waals surface area contributed by atoms with E-state index in [1.54, 1.807) is 26.0 Å². The van der Waals surface area contributed by atoms with Crippen molar-refractivity contribution in [3.05, 3.63) is 138 Å². The molecule has 0 fully saturated rings. The van der Waals surface area contributed by atoms with E-state index in [4.69, 9.17) is 9.47 Å². The van der Waals surface area contributed by atoms with Crippen molar-refractivity contribution in [2.75, 3.05) is 18.5 Å². The monoisotopic (exact) mass is 621 g/mol. The Morgan fingerprint density at radius 1 is 0.617 bits per heavy atom. The zero-order valence-electron chi connectivity index (χ0n) is 27.5. The number of nitrogens with one attached hydrogen (secondary N) is 1. The molecule has 236 valence electrons. The van der Waals surface area contributed by atoms with Gasteiger partial charge in [-0.3, -0.25) is 0 Å². The van der Waals surface area contributed by atoms with Gasteiger partial charge in [0.1, 0.15) is 0 Å². The number of hydrogen-bond acceptors (Lipinski definition) is 5. The quantitative estimate of drug-likeness (QED) is 0.129. The predicted molar refractivity (Wildman–Crippen MR) is 192 cm³/mol. The minimum atomic E-state index is -0.448. The fourth-order valence-electron chi connectivity index (χ4n) is 6.14. The lowest BCUT2D eigenvalue weighted by Gasteiger charge is -2.28. The van der Waals surface area contributed by atoms with Crippen LogP contribution in [-0.2, 0) is 15.0 Å². The highest BCUT2D eigenvalue weighted by Crippen LogP contribution is 2.37. The number of ether oxygens (including phenoxy) is 2. The van der Waals surface area contributed by atoms with Crippen molar-refractivity contribution in [1.82, 2.24) is 0 Å². The van der Waals surface area contributed by atoms with Crippen LogP contribution in [0.2, 0.25) is 0 Å². The van der Waals surface area contributed by atoms with Crippen molar-refractivity contribution in [2.24, 2.45) is 0 Å². The van der Waals surface area contributed by atoms with Gasteiger partial charge in [0.25, 0.3) is 0 Å². The molecule has 5 nitrogen and oxygen atoms in total. The minimum absolute atomic E-state index is 0.229. The Labute approximate surface area is 276 Å². The first-order valence-corrected chi connectivity index (χ1v) is 16.1. The van der Waals surface area contributed by atoms with Crippen LogP contribution in [0.3, 0.4) is 0 Å². The Kier molecular flexibility index (Phi) is 8.82. The van der Waals surface area contributed by atoms with Crippen LogP contribution in [0.4, 0.5) is 5.69 Å². The van der Waals surface area contributed by atoms with Crippen molar-refractivity contribution in [1.29, 1.82) is 0 Å². The standard InChI is InChI=1S/C42H39NO4/c1-6-46-40(44)38-26-37(31-17-16-29-15-14-28-10-8-9-11-34(28)35(29)24-31)39(41(45)47-7-2)25-36(38)30-18-20-32(21-19-30)42(4,5)43-33-22-12-27(3)13-23-33/h8-26,43H,6-7H2,1-5H3. The topological polar surface area (TPSA) is 64.6 Å². The molecule has 47 heavy (non-hydrogen) atoms. The molecule has 0 spiro atoms. The third kappa shape index (κ3) is 6.48. The zero-order valence-corrected chi connectivity index (χ0v) is 27.5. The first kappa shape index (κ1) is 31.6. The first-order chi connectivity index (χ1) is 22.7. The van der Waals surface area contributed by atoms with E-state index in [2.05, 4.69) is 98.9 Å². The second kappa shape index (κ2) is 13.1. The third-order valence-electron chi connectivity index (χ3n) is 8.63. The van der Waals surface area contributed by atoms with Crippen molar-refractivity contribution >= 4 is 39.2 Å². The molecule has 0 heterocycles. The fourth-order valence-corrected chi connectivity index (χ4v) is 6.14. The van der Waals surface area contributed by atoms with Crippen LogP contribution in [0, 0.1) is 6.92 Å². The summed E-state index contributed by atoms with van der Waals surface area (Å²) in [4.78, 5) is 27.1. The molecule has 0 radical (unpaired) electrons. The summed E-state index contributed by atoms with van der Waals surface area (Å²) in [6.07, 6.45) is 0. The summed E-state index contributed by atoms with van der Waals surface area (Å²) < 4.78 is 11.1. The molecule has 0 saturated heterocycles. The predicted octanol–water partition coefficient (Wildman–Crippen LogP) is 10.3. The average Bonchev–Trinajstić information content (AvgIpc) is 3.08.